The summed E-state index contributed by atoms with van der Waals surface area (Å²) in [6.45, 7) is 15.4. The number of fused-ring (bicyclic) bond motifs is 1. The minimum Gasteiger partial charge on any atom is -0.309 e. The first-order chi connectivity index (χ1) is 9.57. The molecule has 0 radical (unpaired) electrons. The lowest BCUT2D eigenvalue weighted by Gasteiger charge is -2.29. The monoisotopic (exact) mass is 305 g/mol. The summed E-state index contributed by atoms with van der Waals surface area (Å²) >= 11 is 6.22. The number of halogens is 1. The van der Waals surface area contributed by atoms with Crippen LogP contribution >= 0.6 is 11.6 Å². The minimum absolute atomic E-state index is 0.260. The van der Waals surface area contributed by atoms with Gasteiger partial charge in [-0.2, -0.15) is 0 Å². The molecule has 1 fully saturated rings. The second-order valence-corrected chi connectivity index (χ2v) is 9.28. The lowest BCUT2D eigenvalue weighted by molar-refractivity contribution is 0.262. The molecule has 3 rings (SSSR count). The van der Waals surface area contributed by atoms with Crippen LogP contribution in [0.2, 0.25) is 5.02 Å². The van der Waals surface area contributed by atoms with Gasteiger partial charge in [-0.25, -0.2) is 0 Å². The molecular weight excluding hydrogens is 278 g/mol. The Labute approximate surface area is 134 Å². The first-order valence-corrected chi connectivity index (χ1v) is 8.47. The van der Waals surface area contributed by atoms with Gasteiger partial charge >= 0.3 is 0 Å². The SMILES string of the molecule is CC1(C)Cc2ccc(Cl)cc2C1NCC1C(C)(C)C1(C)C. The Morgan fingerprint density at radius 2 is 1.71 bits per heavy atom. The van der Waals surface area contributed by atoms with Crippen molar-refractivity contribution in [3.05, 3.63) is 34.3 Å². The van der Waals surface area contributed by atoms with Crippen molar-refractivity contribution in [3.8, 4) is 0 Å². The van der Waals surface area contributed by atoms with Crippen molar-refractivity contribution in [2.45, 2.75) is 54.0 Å². The summed E-state index contributed by atoms with van der Waals surface area (Å²) < 4.78 is 0. The molecule has 1 aromatic carbocycles. The van der Waals surface area contributed by atoms with E-state index in [1.54, 1.807) is 0 Å². The Hall–Kier alpha value is -0.530. The number of hydrogen-bond acceptors (Lipinski definition) is 1. The van der Waals surface area contributed by atoms with Crippen LogP contribution in [-0.2, 0) is 6.42 Å². The van der Waals surface area contributed by atoms with Gasteiger partial charge in [0.15, 0.2) is 0 Å². The molecule has 1 aromatic rings. The highest BCUT2D eigenvalue weighted by atomic mass is 35.5. The van der Waals surface area contributed by atoms with E-state index in [-0.39, 0.29) is 5.41 Å². The summed E-state index contributed by atoms with van der Waals surface area (Å²) in [4.78, 5) is 0. The van der Waals surface area contributed by atoms with Gasteiger partial charge in [0.2, 0.25) is 0 Å². The molecule has 1 atom stereocenters. The molecule has 0 aliphatic heterocycles. The van der Waals surface area contributed by atoms with Crippen molar-refractivity contribution in [1.29, 1.82) is 0 Å². The molecule has 0 heterocycles. The van der Waals surface area contributed by atoms with Gasteiger partial charge in [0.05, 0.1) is 0 Å². The summed E-state index contributed by atoms with van der Waals surface area (Å²) in [7, 11) is 0. The maximum atomic E-state index is 6.22. The van der Waals surface area contributed by atoms with Gasteiger partial charge in [-0.1, -0.05) is 59.2 Å². The average Bonchev–Trinajstić information content (AvgIpc) is 2.60. The highest BCUT2D eigenvalue weighted by molar-refractivity contribution is 6.30. The Bertz CT molecular complexity index is 557. The van der Waals surface area contributed by atoms with Crippen LogP contribution in [0.4, 0.5) is 0 Å². The zero-order chi connectivity index (χ0) is 15.6. The molecule has 2 aliphatic rings. The van der Waals surface area contributed by atoms with Crippen LogP contribution < -0.4 is 5.32 Å². The molecule has 0 bridgehead atoms. The van der Waals surface area contributed by atoms with Crippen molar-refractivity contribution in [1.82, 2.24) is 5.32 Å². The Morgan fingerprint density at radius 1 is 1.10 bits per heavy atom. The molecule has 1 N–H and O–H groups in total. The zero-order valence-electron chi connectivity index (χ0n) is 14.2. The molecule has 2 aliphatic carbocycles. The molecule has 1 nitrogen and oxygen atoms in total. The van der Waals surface area contributed by atoms with E-state index in [9.17, 15) is 0 Å². The van der Waals surface area contributed by atoms with E-state index in [1.807, 2.05) is 6.07 Å². The zero-order valence-corrected chi connectivity index (χ0v) is 14.9. The van der Waals surface area contributed by atoms with Crippen molar-refractivity contribution < 1.29 is 0 Å². The smallest absolute Gasteiger partial charge is 0.0409 e. The van der Waals surface area contributed by atoms with Gasteiger partial charge in [0.25, 0.3) is 0 Å². The fourth-order valence-corrected chi connectivity index (χ4v) is 4.66. The molecule has 0 aromatic heterocycles. The number of hydrogen-bond donors (Lipinski definition) is 1. The van der Waals surface area contributed by atoms with Gasteiger partial charge in [-0.05, 0) is 58.4 Å². The summed E-state index contributed by atoms with van der Waals surface area (Å²) in [5, 5.41) is 4.72. The predicted octanol–water partition coefficient (Wildman–Crippen LogP) is 5.24. The van der Waals surface area contributed by atoms with Crippen LogP contribution in [0.15, 0.2) is 18.2 Å². The highest BCUT2D eigenvalue weighted by Gasteiger charge is 2.64. The molecule has 0 spiro atoms. The van der Waals surface area contributed by atoms with Crippen molar-refractivity contribution in [3.63, 3.8) is 0 Å². The fraction of sp³-hybridized carbons (Fsp3) is 0.684. The lowest BCUT2D eigenvalue weighted by Crippen LogP contribution is -2.33. The normalized spacial score (nSPS) is 28.4. The summed E-state index contributed by atoms with van der Waals surface area (Å²) in [5.41, 5.74) is 4.01. The highest BCUT2D eigenvalue weighted by Crippen LogP contribution is 2.68. The first kappa shape index (κ1) is 15.4. The quantitative estimate of drug-likeness (QED) is 0.805. The average molecular weight is 306 g/mol. The molecular formula is C19H28ClN. The van der Waals surface area contributed by atoms with Crippen LogP contribution in [0.1, 0.15) is 58.7 Å². The van der Waals surface area contributed by atoms with E-state index in [4.69, 9.17) is 11.6 Å². The third-order valence-corrected chi connectivity index (χ3v) is 6.93. The molecule has 1 saturated carbocycles. The molecule has 116 valence electrons. The Morgan fingerprint density at radius 3 is 2.29 bits per heavy atom. The fourth-order valence-electron chi connectivity index (χ4n) is 4.47. The second-order valence-electron chi connectivity index (χ2n) is 8.85. The number of benzene rings is 1. The number of nitrogens with one attached hydrogen (secondary N) is 1. The van der Waals surface area contributed by atoms with Gasteiger partial charge in [-0.3, -0.25) is 0 Å². The molecule has 0 saturated heterocycles. The first-order valence-electron chi connectivity index (χ1n) is 8.09. The van der Waals surface area contributed by atoms with Crippen molar-refractivity contribution in [2.75, 3.05) is 6.54 Å². The van der Waals surface area contributed by atoms with E-state index >= 15 is 0 Å². The Balaban J connectivity index is 1.78. The lowest BCUT2D eigenvalue weighted by atomic mass is 9.85. The third kappa shape index (κ3) is 2.24. The summed E-state index contributed by atoms with van der Waals surface area (Å²) in [6, 6.07) is 6.79. The van der Waals surface area contributed by atoms with E-state index in [0.717, 1.165) is 23.9 Å². The molecule has 1 unspecified atom stereocenters. The van der Waals surface area contributed by atoms with E-state index in [1.165, 1.54) is 11.1 Å². The second kappa shape index (κ2) is 4.49. The molecule has 2 heteroatoms. The van der Waals surface area contributed by atoms with Crippen LogP contribution in [0.5, 0.6) is 0 Å². The maximum absolute atomic E-state index is 6.22. The summed E-state index contributed by atoms with van der Waals surface area (Å²) in [5.74, 6) is 0.754. The Kier molecular flexibility index (Phi) is 3.28. The van der Waals surface area contributed by atoms with E-state index in [0.29, 0.717) is 16.9 Å². The largest absolute Gasteiger partial charge is 0.309 e. The van der Waals surface area contributed by atoms with Crippen LogP contribution in [0.3, 0.4) is 0 Å². The predicted molar refractivity (Wildman–Crippen MR) is 90.7 cm³/mol. The van der Waals surface area contributed by atoms with Gasteiger partial charge in [-0.15, -0.1) is 0 Å². The van der Waals surface area contributed by atoms with Gasteiger partial charge < -0.3 is 5.32 Å². The standard InChI is InChI=1S/C19H28ClN/c1-17(2)10-12-7-8-13(20)9-14(12)16(17)21-11-15-18(3,4)19(15,5)6/h7-9,15-16,21H,10-11H2,1-6H3. The van der Waals surface area contributed by atoms with Crippen LogP contribution in [-0.4, -0.2) is 6.54 Å². The molecule has 21 heavy (non-hydrogen) atoms. The van der Waals surface area contributed by atoms with Gasteiger partial charge in [0.1, 0.15) is 0 Å². The third-order valence-electron chi connectivity index (χ3n) is 6.69. The van der Waals surface area contributed by atoms with Crippen molar-refractivity contribution in [2.24, 2.45) is 22.2 Å². The van der Waals surface area contributed by atoms with Crippen LogP contribution in [0, 0.1) is 22.2 Å². The molecule has 0 amide bonds. The van der Waals surface area contributed by atoms with E-state index in [2.05, 4.69) is 59.0 Å². The van der Waals surface area contributed by atoms with Gasteiger partial charge in [0, 0.05) is 11.1 Å². The van der Waals surface area contributed by atoms with E-state index < -0.39 is 0 Å². The topological polar surface area (TPSA) is 12.0 Å². The number of rotatable bonds is 3. The maximum Gasteiger partial charge on any atom is 0.0409 e. The van der Waals surface area contributed by atoms with Crippen LogP contribution in [0.25, 0.3) is 0 Å². The van der Waals surface area contributed by atoms with Crippen molar-refractivity contribution >= 4 is 11.6 Å². The minimum atomic E-state index is 0.260. The summed E-state index contributed by atoms with van der Waals surface area (Å²) in [6.07, 6.45) is 1.13.